The topological polar surface area (TPSA) is 36.4 Å². The lowest BCUT2D eigenvalue weighted by Gasteiger charge is -2.31. The number of hydrogen-bond donors (Lipinski definition) is 2. The molecule has 2 atom stereocenters. The Morgan fingerprint density at radius 2 is 1.90 bits per heavy atom. The van der Waals surface area contributed by atoms with E-state index in [1.54, 1.807) is 7.05 Å². The summed E-state index contributed by atoms with van der Waals surface area (Å²) in [6.07, 6.45) is 1.51. The van der Waals surface area contributed by atoms with Crippen LogP contribution in [0.3, 0.4) is 0 Å². The van der Waals surface area contributed by atoms with Crippen molar-refractivity contribution in [3.8, 4) is 0 Å². The standard InChI is InChI=1S/C14H24F3N3.HI/c1-18-13(19-8-7-10-5-6-10)20-12-4-2-3-11(9-12)14(15,16)17;/h10-12H,2-9H2,1H3,(H2,18,19,20);1H. The molecular weight excluding hydrogens is 394 g/mol. The van der Waals surface area contributed by atoms with Gasteiger partial charge in [-0.25, -0.2) is 0 Å². The minimum Gasteiger partial charge on any atom is -0.356 e. The van der Waals surface area contributed by atoms with Crippen molar-refractivity contribution in [1.29, 1.82) is 0 Å². The van der Waals surface area contributed by atoms with Gasteiger partial charge < -0.3 is 10.6 Å². The van der Waals surface area contributed by atoms with Gasteiger partial charge in [-0.3, -0.25) is 4.99 Å². The van der Waals surface area contributed by atoms with Gasteiger partial charge in [-0.1, -0.05) is 19.3 Å². The summed E-state index contributed by atoms with van der Waals surface area (Å²) in [5, 5.41) is 6.34. The number of nitrogens with zero attached hydrogens (tertiary/aromatic N) is 1. The van der Waals surface area contributed by atoms with E-state index in [0.29, 0.717) is 12.4 Å². The molecule has 0 amide bonds. The van der Waals surface area contributed by atoms with Crippen molar-refractivity contribution in [3.05, 3.63) is 0 Å². The largest absolute Gasteiger partial charge is 0.391 e. The van der Waals surface area contributed by atoms with Crippen LogP contribution in [0.5, 0.6) is 0 Å². The smallest absolute Gasteiger partial charge is 0.356 e. The molecule has 0 aromatic heterocycles. The lowest BCUT2D eigenvalue weighted by molar-refractivity contribution is -0.183. The highest BCUT2D eigenvalue weighted by atomic mass is 127. The molecule has 0 radical (unpaired) electrons. The maximum absolute atomic E-state index is 12.8. The maximum Gasteiger partial charge on any atom is 0.391 e. The van der Waals surface area contributed by atoms with Gasteiger partial charge in [0.1, 0.15) is 0 Å². The number of nitrogens with one attached hydrogen (secondary N) is 2. The van der Waals surface area contributed by atoms with E-state index in [2.05, 4.69) is 15.6 Å². The molecule has 21 heavy (non-hydrogen) atoms. The van der Waals surface area contributed by atoms with Crippen molar-refractivity contribution in [1.82, 2.24) is 10.6 Å². The maximum atomic E-state index is 12.8. The fraction of sp³-hybridized carbons (Fsp3) is 0.929. The average Bonchev–Trinajstić information content (AvgIpc) is 3.21. The van der Waals surface area contributed by atoms with E-state index in [1.165, 1.54) is 12.8 Å². The Kier molecular flexibility index (Phi) is 7.56. The number of rotatable bonds is 4. The van der Waals surface area contributed by atoms with Crippen LogP contribution < -0.4 is 10.6 Å². The zero-order chi connectivity index (χ0) is 14.6. The van der Waals surface area contributed by atoms with Crippen molar-refractivity contribution in [2.24, 2.45) is 16.8 Å². The molecule has 2 aliphatic carbocycles. The van der Waals surface area contributed by atoms with Gasteiger partial charge in [0.05, 0.1) is 5.92 Å². The van der Waals surface area contributed by atoms with Gasteiger partial charge in [-0.05, 0) is 31.6 Å². The van der Waals surface area contributed by atoms with E-state index in [0.717, 1.165) is 25.3 Å². The van der Waals surface area contributed by atoms with Crippen LogP contribution in [0.1, 0.15) is 44.9 Å². The Morgan fingerprint density at radius 1 is 1.19 bits per heavy atom. The third-order valence-corrected chi connectivity index (χ3v) is 4.24. The van der Waals surface area contributed by atoms with Gasteiger partial charge in [-0.15, -0.1) is 24.0 Å². The Bertz CT molecular complexity index is 343. The molecule has 2 fully saturated rings. The van der Waals surface area contributed by atoms with Crippen molar-refractivity contribution >= 4 is 29.9 Å². The molecule has 0 saturated heterocycles. The van der Waals surface area contributed by atoms with Crippen LogP contribution in [-0.2, 0) is 0 Å². The molecule has 2 aliphatic rings. The number of halogens is 4. The summed E-state index contributed by atoms with van der Waals surface area (Å²) in [5.74, 6) is 0.307. The van der Waals surface area contributed by atoms with Crippen LogP contribution in [-0.4, -0.2) is 31.8 Å². The molecule has 3 nitrogen and oxygen atoms in total. The van der Waals surface area contributed by atoms with Gasteiger partial charge in [-0.2, -0.15) is 13.2 Å². The predicted octanol–water partition coefficient (Wildman–Crippen LogP) is 3.69. The molecule has 0 aromatic carbocycles. The Labute approximate surface area is 141 Å². The van der Waals surface area contributed by atoms with Crippen LogP contribution in [0, 0.1) is 11.8 Å². The average molecular weight is 419 g/mol. The summed E-state index contributed by atoms with van der Waals surface area (Å²) in [7, 11) is 1.66. The molecule has 124 valence electrons. The Balaban J connectivity index is 0.00000220. The third kappa shape index (κ3) is 6.61. The first-order valence-corrected chi connectivity index (χ1v) is 7.53. The van der Waals surface area contributed by atoms with Gasteiger partial charge in [0.2, 0.25) is 0 Å². The summed E-state index contributed by atoms with van der Waals surface area (Å²) in [6.45, 7) is 0.847. The second kappa shape index (κ2) is 8.43. The normalized spacial score (nSPS) is 27.0. The first-order chi connectivity index (χ1) is 9.49. The quantitative estimate of drug-likeness (QED) is 0.415. The number of guanidine groups is 1. The highest BCUT2D eigenvalue weighted by Gasteiger charge is 2.42. The molecule has 2 N–H and O–H groups in total. The zero-order valence-electron chi connectivity index (χ0n) is 12.4. The van der Waals surface area contributed by atoms with Gasteiger partial charge >= 0.3 is 6.18 Å². The number of alkyl halides is 3. The van der Waals surface area contributed by atoms with E-state index in [1.807, 2.05) is 0 Å². The van der Waals surface area contributed by atoms with Gasteiger partial charge in [0, 0.05) is 19.6 Å². The van der Waals surface area contributed by atoms with Crippen molar-refractivity contribution in [3.63, 3.8) is 0 Å². The number of hydrogen-bond acceptors (Lipinski definition) is 1. The highest BCUT2D eigenvalue weighted by Crippen LogP contribution is 2.37. The summed E-state index contributed by atoms with van der Waals surface area (Å²) < 4.78 is 38.3. The lowest BCUT2D eigenvalue weighted by atomic mass is 9.85. The van der Waals surface area contributed by atoms with E-state index in [9.17, 15) is 13.2 Å². The summed E-state index contributed by atoms with van der Waals surface area (Å²) >= 11 is 0. The fourth-order valence-electron chi connectivity index (χ4n) is 2.81. The Morgan fingerprint density at radius 3 is 2.48 bits per heavy atom. The molecule has 0 aliphatic heterocycles. The van der Waals surface area contributed by atoms with Crippen molar-refractivity contribution in [2.45, 2.75) is 57.2 Å². The lowest BCUT2D eigenvalue weighted by Crippen LogP contribution is -2.47. The zero-order valence-corrected chi connectivity index (χ0v) is 14.7. The first-order valence-electron chi connectivity index (χ1n) is 7.53. The van der Waals surface area contributed by atoms with Crippen molar-refractivity contribution < 1.29 is 13.2 Å². The number of aliphatic imine (C=N–C) groups is 1. The van der Waals surface area contributed by atoms with Crippen LogP contribution in [0.2, 0.25) is 0 Å². The molecule has 0 heterocycles. The monoisotopic (exact) mass is 419 g/mol. The van der Waals surface area contributed by atoms with Crippen molar-refractivity contribution in [2.75, 3.05) is 13.6 Å². The molecule has 2 saturated carbocycles. The predicted molar refractivity (Wildman–Crippen MR) is 89.1 cm³/mol. The van der Waals surface area contributed by atoms with E-state index < -0.39 is 12.1 Å². The molecule has 7 heteroatoms. The summed E-state index contributed by atoms with van der Waals surface area (Å²) in [6, 6.07) is -0.123. The molecular formula is C14H25F3IN3. The SMILES string of the molecule is CN=C(NCCC1CC1)NC1CCCC(C(F)(F)F)C1.I. The summed E-state index contributed by atoms with van der Waals surface area (Å²) in [4.78, 5) is 4.10. The van der Waals surface area contributed by atoms with E-state index >= 15 is 0 Å². The molecule has 0 bridgehead atoms. The fourth-order valence-corrected chi connectivity index (χ4v) is 2.81. The van der Waals surface area contributed by atoms with E-state index in [-0.39, 0.29) is 42.9 Å². The van der Waals surface area contributed by atoms with Gasteiger partial charge in [0.25, 0.3) is 0 Å². The van der Waals surface area contributed by atoms with Gasteiger partial charge in [0.15, 0.2) is 5.96 Å². The van der Waals surface area contributed by atoms with Crippen LogP contribution in [0.25, 0.3) is 0 Å². The molecule has 2 rings (SSSR count). The van der Waals surface area contributed by atoms with E-state index in [4.69, 9.17) is 0 Å². The molecule has 0 aromatic rings. The second-order valence-electron chi connectivity index (χ2n) is 5.98. The molecule has 2 unspecified atom stereocenters. The second-order valence-corrected chi connectivity index (χ2v) is 5.98. The minimum atomic E-state index is -4.07. The third-order valence-electron chi connectivity index (χ3n) is 4.24. The highest BCUT2D eigenvalue weighted by molar-refractivity contribution is 14.0. The molecule has 0 spiro atoms. The minimum absolute atomic E-state index is 0. The van der Waals surface area contributed by atoms with Crippen LogP contribution in [0.15, 0.2) is 4.99 Å². The Hall–Kier alpha value is -0.210. The van der Waals surface area contributed by atoms with Crippen LogP contribution >= 0.6 is 24.0 Å². The van der Waals surface area contributed by atoms with Crippen LogP contribution in [0.4, 0.5) is 13.2 Å². The summed E-state index contributed by atoms with van der Waals surface area (Å²) in [5.41, 5.74) is 0. The first kappa shape index (κ1) is 18.8.